The van der Waals surface area contributed by atoms with E-state index in [0.717, 1.165) is 12.1 Å². The number of benzene rings is 1. The molecule has 1 amide bonds. The zero-order valence-corrected chi connectivity index (χ0v) is 9.07. The van der Waals surface area contributed by atoms with E-state index in [4.69, 9.17) is 28.3 Å². The summed E-state index contributed by atoms with van der Waals surface area (Å²) >= 11 is 11.2. The third-order valence-corrected chi connectivity index (χ3v) is 2.25. The molecular weight excluding hydrogens is 244 g/mol. The molecule has 3 nitrogen and oxygen atoms in total. The van der Waals surface area contributed by atoms with Crippen LogP contribution in [0.5, 0.6) is 0 Å². The van der Waals surface area contributed by atoms with Crippen LogP contribution in [0.1, 0.15) is 10.4 Å². The normalized spacial score (nSPS) is 10.1. The van der Waals surface area contributed by atoms with Gasteiger partial charge in [-0.15, -0.1) is 0 Å². The van der Waals surface area contributed by atoms with Gasteiger partial charge in [-0.05, 0) is 12.1 Å². The lowest BCUT2D eigenvalue weighted by Gasteiger charge is -2.06. The van der Waals surface area contributed by atoms with Gasteiger partial charge in [-0.2, -0.15) is 0 Å². The highest BCUT2D eigenvalue weighted by Gasteiger charge is 2.13. The number of carbonyl (C=O) groups excluding carboxylic acids is 1. The Hall–Kier alpha value is -0.840. The molecule has 0 radical (unpaired) electrons. The standard InChI is InChI=1S/C9H8Cl2FNO2/c10-6-4-7(11)8(12)3-5(6)9(15)13-1-2-14/h3-4,14H,1-2H2,(H,13,15). The summed E-state index contributed by atoms with van der Waals surface area (Å²) in [6.45, 7) is -0.112. The molecule has 0 saturated heterocycles. The second kappa shape index (κ2) is 5.30. The van der Waals surface area contributed by atoms with Crippen molar-refractivity contribution in [1.29, 1.82) is 0 Å². The molecule has 0 aliphatic rings. The molecule has 1 aromatic rings. The third-order valence-electron chi connectivity index (χ3n) is 1.65. The molecule has 15 heavy (non-hydrogen) atoms. The second-order valence-corrected chi connectivity index (χ2v) is 3.54. The first-order valence-corrected chi connectivity index (χ1v) is 4.85. The van der Waals surface area contributed by atoms with Crippen LogP contribution in [-0.4, -0.2) is 24.2 Å². The molecule has 1 aromatic carbocycles. The van der Waals surface area contributed by atoms with Crippen molar-refractivity contribution in [3.05, 3.63) is 33.6 Å². The van der Waals surface area contributed by atoms with Gasteiger partial charge in [0.1, 0.15) is 5.82 Å². The van der Waals surface area contributed by atoms with Crippen LogP contribution in [0, 0.1) is 5.82 Å². The highest BCUT2D eigenvalue weighted by atomic mass is 35.5. The van der Waals surface area contributed by atoms with Gasteiger partial charge >= 0.3 is 0 Å². The van der Waals surface area contributed by atoms with Crippen LogP contribution in [0.2, 0.25) is 10.0 Å². The van der Waals surface area contributed by atoms with Crippen molar-refractivity contribution in [2.24, 2.45) is 0 Å². The second-order valence-electron chi connectivity index (χ2n) is 2.73. The lowest BCUT2D eigenvalue weighted by Crippen LogP contribution is -2.26. The minimum absolute atomic E-state index is 0.00739. The summed E-state index contributed by atoms with van der Waals surface area (Å²) in [6.07, 6.45) is 0. The topological polar surface area (TPSA) is 49.3 Å². The first kappa shape index (κ1) is 12.2. The summed E-state index contributed by atoms with van der Waals surface area (Å²) in [5, 5.41) is 10.8. The molecule has 82 valence electrons. The van der Waals surface area contributed by atoms with Gasteiger partial charge in [-0.1, -0.05) is 23.2 Å². The molecular formula is C9H8Cl2FNO2. The highest BCUT2D eigenvalue weighted by Crippen LogP contribution is 2.24. The quantitative estimate of drug-likeness (QED) is 0.806. The molecule has 0 heterocycles. The molecule has 0 spiro atoms. The number of hydrogen-bond acceptors (Lipinski definition) is 2. The average molecular weight is 252 g/mol. The molecule has 0 saturated carbocycles. The summed E-state index contributed by atoms with van der Waals surface area (Å²) in [5.41, 5.74) is -0.00739. The average Bonchev–Trinajstić information content (AvgIpc) is 2.20. The van der Waals surface area contributed by atoms with Crippen molar-refractivity contribution in [2.45, 2.75) is 0 Å². The first-order chi connectivity index (χ1) is 7.06. The van der Waals surface area contributed by atoms with Crippen molar-refractivity contribution in [3.8, 4) is 0 Å². The van der Waals surface area contributed by atoms with E-state index < -0.39 is 11.7 Å². The minimum atomic E-state index is -0.713. The predicted octanol–water partition coefficient (Wildman–Crippen LogP) is 1.85. The Balaban J connectivity index is 2.94. The Morgan fingerprint density at radius 2 is 2.07 bits per heavy atom. The molecule has 2 N–H and O–H groups in total. The Labute approximate surface area is 95.8 Å². The van der Waals surface area contributed by atoms with E-state index >= 15 is 0 Å². The monoisotopic (exact) mass is 251 g/mol. The summed E-state index contributed by atoms with van der Waals surface area (Å²) in [5.74, 6) is -1.26. The molecule has 0 aromatic heterocycles. The van der Waals surface area contributed by atoms with Gasteiger partial charge < -0.3 is 10.4 Å². The van der Waals surface area contributed by atoms with Gasteiger partial charge in [-0.3, -0.25) is 4.79 Å². The van der Waals surface area contributed by atoms with Crippen LogP contribution >= 0.6 is 23.2 Å². The fourth-order valence-electron chi connectivity index (χ4n) is 0.961. The van der Waals surface area contributed by atoms with E-state index in [1.54, 1.807) is 0 Å². The van der Waals surface area contributed by atoms with E-state index in [2.05, 4.69) is 5.32 Å². The van der Waals surface area contributed by atoms with Gasteiger partial charge in [-0.25, -0.2) is 4.39 Å². The Bertz CT molecular complexity index is 385. The van der Waals surface area contributed by atoms with Crippen LogP contribution in [-0.2, 0) is 0 Å². The van der Waals surface area contributed by atoms with E-state index in [0.29, 0.717) is 0 Å². The van der Waals surface area contributed by atoms with E-state index in [-0.39, 0.29) is 28.8 Å². The maximum Gasteiger partial charge on any atom is 0.252 e. The van der Waals surface area contributed by atoms with Gasteiger partial charge in [0.2, 0.25) is 0 Å². The number of aliphatic hydroxyl groups is 1. The van der Waals surface area contributed by atoms with Gasteiger partial charge in [0.15, 0.2) is 0 Å². The van der Waals surface area contributed by atoms with Gasteiger partial charge in [0.25, 0.3) is 5.91 Å². The van der Waals surface area contributed by atoms with Crippen molar-refractivity contribution >= 4 is 29.1 Å². The van der Waals surface area contributed by atoms with E-state index in [1.165, 1.54) is 0 Å². The fourth-order valence-corrected chi connectivity index (χ4v) is 1.43. The van der Waals surface area contributed by atoms with E-state index in [1.807, 2.05) is 0 Å². The number of rotatable bonds is 3. The van der Waals surface area contributed by atoms with Crippen LogP contribution in [0.4, 0.5) is 4.39 Å². The van der Waals surface area contributed by atoms with E-state index in [9.17, 15) is 9.18 Å². The Morgan fingerprint density at radius 1 is 1.40 bits per heavy atom. The highest BCUT2D eigenvalue weighted by molar-refractivity contribution is 6.36. The number of nitrogens with one attached hydrogen (secondary N) is 1. The number of amides is 1. The molecule has 0 fully saturated rings. The zero-order chi connectivity index (χ0) is 11.4. The number of carbonyl (C=O) groups is 1. The summed E-state index contributed by atoms with van der Waals surface area (Å²) in [4.78, 5) is 11.4. The summed E-state index contributed by atoms with van der Waals surface area (Å²) < 4.78 is 13.0. The lowest BCUT2D eigenvalue weighted by molar-refractivity contribution is 0.0944. The minimum Gasteiger partial charge on any atom is -0.395 e. The lowest BCUT2D eigenvalue weighted by atomic mass is 10.2. The molecule has 6 heteroatoms. The Morgan fingerprint density at radius 3 is 2.67 bits per heavy atom. The number of aliphatic hydroxyl groups excluding tert-OH is 1. The van der Waals surface area contributed by atoms with Gasteiger partial charge in [0, 0.05) is 6.54 Å². The fraction of sp³-hybridized carbons (Fsp3) is 0.222. The molecule has 0 aliphatic heterocycles. The SMILES string of the molecule is O=C(NCCO)c1cc(F)c(Cl)cc1Cl. The maximum absolute atomic E-state index is 13.0. The van der Waals surface area contributed by atoms with Crippen molar-refractivity contribution < 1.29 is 14.3 Å². The van der Waals surface area contributed by atoms with Crippen molar-refractivity contribution in [3.63, 3.8) is 0 Å². The van der Waals surface area contributed by atoms with Crippen LogP contribution in [0.15, 0.2) is 12.1 Å². The van der Waals surface area contributed by atoms with Crippen LogP contribution in [0.3, 0.4) is 0 Å². The maximum atomic E-state index is 13.0. The molecule has 0 atom stereocenters. The molecule has 1 rings (SSSR count). The zero-order valence-electron chi connectivity index (χ0n) is 7.56. The predicted molar refractivity (Wildman–Crippen MR) is 55.8 cm³/mol. The summed E-state index contributed by atoms with van der Waals surface area (Å²) in [7, 11) is 0. The molecule has 0 unspecified atom stereocenters. The third kappa shape index (κ3) is 3.06. The molecule has 0 aliphatic carbocycles. The number of halogens is 3. The smallest absolute Gasteiger partial charge is 0.252 e. The van der Waals surface area contributed by atoms with Crippen molar-refractivity contribution in [2.75, 3.05) is 13.2 Å². The molecule has 0 bridgehead atoms. The van der Waals surface area contributed by atoms with Crippen molar-refractivity contribution in [1.82, 2.24) is 5.32 Å². The Kier molecular flexibility index (Phi) is 4.32. The first-order valence-electron chi connectivity index (χ1n) is 4.10. The largest absolute Gasteiger partial charge is 0.395 e. The number of hydrogen-bond donors (Lipinski definition) is 2. The van der Waals surface area contributed by atoms with Crippen LogP contribution in [0.25, 0.3) is 0 Å². The van der Waals surface area contributed by atoms with Crippen LogP contribution < -0.4 is 5.32 Å². The van der Waals surface area contributed by atoms with Gasteiger partial charge in [0.05, 0.1) is 22.2 Å². The summed E-state index contributed by atoms with van der Waals surface area (Å²) in [6, 6.07) is 2.11.